The first-order valence-electron chi connectivity index (χ1n) is 51.2. The molecule has 0 aromatic heterocycles. The first kappa shape index (κ1) is 108. The molecule has 0 unspecified atom stereocenters. The molecule has 0 amide bonds. The Morgan fingerprint density at radius 2 is 0.427 bits per heavy atom. The van der Waals surface area contributed by atoms with Crippen LogP contribution < -0.4 is 0 Å². The van der Waals surface area contributed by atoms with Crippen LogP contribution in [-0.4, -0.2) is 135 Å². The lowest BCUT2D eigenvalue weighted by atomic mass is 9.49. The van der Waals surface area contributed by atoms with Gasteiger partial charge >= 0.3 is 17.9 Å². The largest absolute Gasteiger partial charge is 0.748 e. The summed E-state index contributed by atoms with van der Waals surface area (Å²) in [6.07, 6.45) is 31.1. The summed E-state index contributed by atoms with van der Waals surface area (Å²) in [5.41, 5.74) is -1.12. The Morgan fingerprint density at radius 3 is 0.608 bits per heavy atom. The highest BCUT2D eigenvalue weighted by atomic mass is 32.2. The summed E-state index contributed by atoms with van der Waals surface area (Å²) >= 11 is 0. The van der Waals surface area contributed by atoms with E-state index >= 15 is 0 Å². The zero-order chi connectivity index (χ0) is 101. The molecule has 0 spiro atoms. The van der Waals surface area contributed by atoms with Crippen LogP contribution in [0.2, 0.25) is 0 Å². The number of esters is 3. The van der Waals surface area contributed by atoms with Gasteiger partial charge in [-0.2, -0.15) is 0 Å². The van der Waals surface area contributed by atoms with Crippen LogP contribution in [0.25, 0.3) is 0 Å². The molecule has 24 rings (SSSR count). The molecule has 768 valence electrons. The van der Waals surface area contributed by atoms with E-state index in [9.17, 15) is 78.5 Å². The van der Waals surface area contributed by atoms with Crippen LogP contribution in [0.15, 0.2) is 314 Å². The van der Waals surface area contributed by atoms with E-state index in [0.717, 1.165) is 156 Å². The van der Waals surface area contributed by atoms with Crippen molar-refractivity contribution in [1.82, 2.24) is 0 Å². The summed E-state index contributed by atoms with van der Waals surface area (Å²) in [6.45, 7) is 3.53. The fraction of sp³-hybridized carbons (Fsp3) is 0.496. The van der Waals surface area contributed by atoms with Gasteiger partial charge in [-0.1, -0.05) is 142 Å². The van der Waals surface area contributed by atoms with Gasteiger partial charge in [-0.05, 0) is 390 Å². The molecule has 21 nitrogen and oxygen atoms in total. The quantitative estimate of drug-likeness (QED) is 0.0200. The van der Waals surface area contributed by atoms with Crippen LogP contribution in [0.3, 0.4) is 0 Å². The SMILES string of the molecule is CC1CCC(S(=O)(=O)c2ccc([S+](c3ccccc3)c3ccccc3)cc2)CC1.CC1CCC(S(=O)(=O)c2ccc([S+](c3ccccc3)c3ccccc3)cc2)CC1.O=C(OCCS(=O)(=O)[O-])C12CC3CC(CC(C3)C1)C2.O=C(OCCS(=O)(=O)[O-])C12CC3CC(CC(C3)C1)C2.O=C(OCCS(=O)(=O)[O-])C12CC3CC(CC(C3)C1)C2.O=S(=O)(c1ccc([S+](c2ccccc2)c2ccccc2)cc1)C1CCCCC1. The minimum atomic E-state index is -4.30. The fourth-order valence-corrected chi connectivity index (χ4v) is 38.7. The number of hydrogen-bond acceptors (Lipinski definition) is 21. The van der Waals surface area contributed by atoms with Gasteiger partial charge in [0.1, 0.15) is 19.8 Å². The summed E-state index contributed by atoms with van der Waals surface area (Å²) in [5.74, 6) is 4.38. The Morgan fingerprint density at radius 1 is 0.252 bits per heavy atom. The molecule has 9 aromatic carbocycles. The summed E-state index contributed by atoms with van der Waals surface area (Å²) in [5, 5.41) is -0.675. The maximum absolute atomic E-state index is 13.1. The second-order valence-corrected chi connectivity index (χ2v) is 60.0. The lowest BCUT2D eigenvalue weighted by Crippen LogP contribution is -2.50. The van der Waals surface area contributed by atoms with Crippen LogP contribution in [0.4, 0.5) is 0 Å². The molecule has 15 aliphatic carbocycles. The second kappa shape index (κ2) is 47.3. The molecule has 143 heavy (non-hydrogen) atoms. The van der Waals surface area contributed by atoms with Crippen molar-refractivity contribution in [3.63, 3.8) is 0 Å². The number of benzene rings is 9. The molecular formula is C113H136O21S9. The zero-order valence-corrected chi connectivity index (χ0v) is 89.1. The molecular weight excluding hydrogens is 1980 g/mol. The van der Waals surface area contributed by atoms with Crippen molar-refractivity contribution in [3.8, 4) is 0 Å². The van der Waals surface area contributed by atoms with E-state index in [-0.39, 0.29) is 102 Å². The Hall–Kier alpha value is -7.98. The highest BCUT2D eigenvalue weighted by Gasteiger charge is 2.59. The Balaban J connectivity index is 0.000000124. The van der Waals surface area contributed by atoms with E-state index in [1.165, 1.54) is 87.2 Å². The van der Waals surface area contributed by atoms with Gasteiger partial charge in [0.2, 0.25) is 0 Å². The molecule has 12 bridgehead atoms. The van der Waals surface area contributed by atoms with Crippen molar-refractivity contribution in [2.24, 2.45) is 81.3 Å². The zero-order valence-electron chi connectivity index (χ0n) is 81.7. The Bertz CT molecular complexity index is 5860. The van der Waals surface area contributed by atoms with Gasteiger partial charge < -0.3 is 27.9 Å². The number of hydrogen-bond donors (Lipinski definition) is 0. The van der Waals surface area contributed by atoms with E-state index < -0.39 is 77.1 Å². The Labute approximate surface area is 856 Å². The molecule has 0 aliphatic heterocycles. The smallest absolute Gasteiger partial charge is 0.312 e. The number of ether oxygens (including phenoxy) is 3. The van der Waals surface area contributed by atoms with Crippen LogP contribution in [-0.2, 0) is 121 Å². The molecule has 0 radical (unpaired) electrons. The van der Waals surface area contributed by atoms with Crippen LogP contribution >= 0.6 is 0 Å². The van der Waals surface area contributed by atoms with Gasteiger partial charge in [0.25, 0.3) is 0 Å². The van der Waals surface area contributed by atoms with Crippen molar-refractivity contribution < 1.29 is 92.8 Å². The third-order valence-corrected chi connectivity index (χ3v) is 47.5. The minimum absolute atomic E-state index is 0.214. The number of carbonyl (C=O) groups excluding carboxylic acids is 3. The second-order valence-electron chi connectivity index (χ2n) is 42.7. The number of sulfone groups is 3. The van der Waals surface area contributed by atoms with Gasteiger partial charge in [-0.3, -0.25) is 14.4 Å². The molecule has 15 saturated carbocycles. The van der Waals surface area contributed by atoms with E-state index in [2.05, 4.69) is 159 Å². The van der Waals surface area contributed by atoms with Gasteiger partial charge in [-0.25, -0.2) is 50.5 Å². The monoisotopic (exact) mass is 2120 g/mol. The van der Waals surface area contributed by atoms with E-state index in [4.69, 9.17) is 14.2 Å². The van der Waals surface area contributed by atoms with Crippen LogP contribution in [0.1, 0.15) is 213 Å². The third-order valence-electron chi connectivity index (χ3n) is 31.9. The minimum Gasteiger partial charge on any atom is -0.748 e. The summed E-state index contributed by atoms with van der Waals surface area (Å²) in [4.78, 5) is 49.0. The van der Waals surface area contributed by atoms with Crippen molar-refractivity contribution in [2.45, 2.75) is 287 Å². The molecule has 0 N–H and O–H groups in total. The summed E-state index contributed by atoms with van der Waals surface area (Å²) < 4.78 is 188. The van der Waals surface area contributed by atoms with Crippen molar-refractivity contribution in [3.05, 3.63) is 255 Å². The molecule has 15 fully saturated rings. The van der Waals surface area contributed by atoms with Crippen molar-refractivity contribution in [1.29, 1.82) is 0 Å². The highest BCUT2D eigenvalue weighted by molar-refractivity contribution is 7.98. The lowest BCUT2D eigenvalue weighted by Gasteiger charge is -2.55. The molecule has 0 heterocycles. The standard InChI is InChI=1S/2C25H27O2S2.C24H25O2S2.3C13H20O5S/c2*1-20-12-16-24(17-13-20)29(26,27)25-18-14-23(15-19-25)28(21-8-4-2-5-9-21)22-10-6-3-7-11-22;25-28(26,23-14-8-3-9-15-23)24-18-16-22(17-19-24)27(20-10-4-1-5-11-20)21-12-6-2-7-13-21;3*14-12(18-1-2-19(15,16)17)13-6-9-3-10(7-13)5-11(4-9)8-13/h2*2-11,14-15,18-20,24H,12-13,16-17H2,1H3;1-2,4-7,10-13,16-19,23H,3,8-9,14-15H2;3*9-11H,1-8H2,(H,15,16,17)/q3*+1;;;/p-3. The lowest BCUT2D eigenvalue weighted by molar-refractivity contribution is -0.171. The molecule has 0 atom stereocenters. The van der Waals surface area contributed by atoms with Gasteiger partial charge in [0.05, 0.1) is 127 Å². The third kappa shape index (κ3) is 27.8. The summed E-state index contributed by atoms with van der Waals surface area (Å²) in [7, 11) is -23.4. The predicted octanol–water partition coefficient (Wildman–Crippen LogP) is 22.0. The van der Waals surface area contributed by atoms with Crippen molar-refractivity contribution >= 4 is 110 Å². The van der Waals surface area contributed by atoms with E-state index in [0.29, 0.717) is 79.8 Å². The average Bonchev–Trinajstić information content (AvgIpc) is 0.744. The van der Waals surface area contributed by atoms with Gasteiger partial charge in [-0.15, -0.1) is 0 Å². The maximum atomic E-state index is 13.1. The molecule has 9 aromatic rings. The number of carbonyl (C=O) groups is 3. The highest BCUT2D eigenvalue weighted by Crippen LogP contribution is 2.63. The normalized spacial score (nSPS) is 27.2. The van der Waals surface area contributed by atoms with Crippen LogP contribution in [0.5, 0.6) is 0 Å². The molecule has 30 heteroatoms. The van der Waals surface area contributed by atoms with E-state index in [1.54, 1.807) is 0 Å². The first-order chi connectivity index (χ1) is 68.4. The predicted molar refractivity (Wildman–Crippen MR) is 554 cm³/mol. The van der Waals surface area contributed by atoms with Gasteiger partial charge in [0, 0.05) is 0 Å². The summed E-state index contributed by atoms with van der Waals surface area (Å²) in [6, 6.07) is 85.4. The van der Waals surface area contributed by atoms with Crippen LogP contribution in [0, 0.1) is 81.3 Å². The van der Waals surface area contributed by atoms with Crippen molar-refractivity contribution in [2.75, 3.05) is 37.1 Å². The fourth-order valence-electron chi connectivity index (χ4n) is 26.1. The first-order valence-corrected chi connectivity index (χ1v) is 64.3. The van der Waals surface area contributed by atoms with E-state index in [1.807, 2.05) is 109 Å². The maximum Gasteiger partial charge on any atom is 0.312 e. The average molecular weight is 2120 g/mol. The van der Waals surface area contributed by atoms with Gasteiger partial charge in [0.15, 0.2) is 73.6 Å². The Kier molecular flexibility index (Phi) is 35.6. The number of rotatable bonds is 27. The molecule has 15 aliphatic rings. The topological polar surface area (TPSA) is 353 Å². The molecule has 0 saturated heterocycles.